The van der Waals surface area contributed by atoms with Gasteiger partial charge in [0.15, 0.2) is 11.7 Å². The van der Waals surface area contributed by atoms with Gasteiger partial charge in [0.2, 0.25) is 0 Å². The van der Waals surface area contributed by atoms with E-state index in [2.05, 4.69) is 31.5 Å². The van der Waals surface area contributed by atoms with Crippen molar-refractivity contribution in [2.45, 2.75) is 0 Å². The summed E-state index contributed by atoms with van der Waals surface area (Å²) in [5.41, 5.74) is 1.14. The molecule has 3 rings (SSSR count). The Hall–Kier alpha value is -2.67. The highest BCUT2D eigenvalue weighted by Crippen LogP contribution is 2.20. The highest BCUT2D eigenvalue weighted by molar-refractivity contribution is 6.30. The van der Waals surface area contributed by atoms with Crippen LogP contribution in [0.1, 0.15) is 10.6 Å². The number of hydrogen-bond donors (Lipinski definition) is 2. The highest BCUT2D eigenvalue weighted by atomic mass is 35.5. The van der Waals surface area contributed by atoms with Crippen molar-refractivity contribution in [3.05, 3.63) is 53.4 Å². The second-order valence-corrected chi connectivity index (χ2v) is 6.60. The number of nitrogens with one attached hydrogen (secondary N) is 2. The number of hydrogen-bond acceptors (Lipinski definition) is 4. The molecule has 0 bridgehead atoms. The Morgan fingerprint density at radius 1 is 1.15 bits per heavy atom. The van der Waals surface area contributed by atoms with E-state index in [1.807, 2.05) is 18.2 Å². The Bertz CT molecular complexity index is 770. The van der Waals surface area contributed by atoms with Gasteiger partial charge in [-0.25, -0.2) is 0 Å². The lowest BCUT2D eigenvalue weighted by molar-refractivity contribution is 0.0926. The fraction of sp³-hybridized carbons (Fsp3) is 0.368. The summed E-state index contributed by atoms with van der Waals surface area (Å²) in [5, 5.41) is 6.86. The van der Waals surface area contributed by atoms with Gasteiger partial charge in [-0.05, 0) is 30.3 Å². The summed E-state index contributed by atoms with van der Waals surface area (Å²) in [5.74, 6) is 0.941. The second kappa shape index (κ2) is 9.32. The number of carbonyl (C=O) groups excluding carboxylic acids is 1. The number of halogens is 1. The number of piperazine rings is 1. The zero-order chi connectivity index (χ0) is 19.1. The number of rotatable bonds is 5. The molecule has 0 aliphatic carbocycles. The van der Waals surface area contributed by atoms with Crippen LogP contribution in [-0.4, -0.2) is 63.1 Å². The number of aliphatic imine (C=N–C) groups is 1. The molecule has 0 atom stereocenters. The van der Waals surface area contributed by atoms with E-state index in [1.54, 1.807) is 19.2 Å². The summed E-state index contributed by atoms with van der Waals surface area (Å²) < 4.78 is 5.07. The van der Waals surface area contributed by atoms with Crippen LogP contribution in [0.15, 0.2) is 52.1 Å². The van der Waals surface area contributed by atoms with Gasteiger partial charge < -0.3 is 24.9 Å². The number of furan rings is 1. The Morgan fingerprint density at radius 2 is 1.93 bits per heavy atom. The van der Waals surface area contributed by atoms with Gasteiger partial charge in [-0.15, -0.1) is 0 Å². The van der Waals surface area contributed by atoms with E-state index in [0.717, 1.165) is 42.8 Å². The largest absolute Gasteiger partial charge is 0.459 e. The average Bonchev–Trinajstić information content (AvgIpc) is 3.23. The first-order valence-electron chi connectivity index (χ1n) is 8.95. The fourth-order valence-corrected chi connectivity index (χ4v) is 3.21. The molecule has 144 valence electrons. The molecular weight excluding hydrogens is 366 g/mol. The van der Waals surface area contributed by atoms with Crippen molar-refractivity contribution in [1.29, 1.82) is 0 Å². The Morgan fingerprint density at radius 3 is 2.59 bits per heavy atom. The molecule has 2 heterocycles. The summed E-state index contributed by atoms with van der Waals surface area (Å²) in [6, 6.07) is 11.3. The van der Waals surface area contributed by atoms with Crippen LogP contribution in [0.3, 0.4) is 0 Å². The predicted octanol–water partition coefficient (Wildman–Crippen LogP) is 2.06. The van der Waals surface area contributed by atoms with E-state index < -0.39 is 0 Å². The SMILES string of the molecule is CN=C(NCCNC(=O)c1ccco1)N1CCN(c2cccc(Cl)c2)CC1. The molecule has 0 radical (unpaired) electrons. The highest BCUT2D eigenvalue weighted by Gasteiger charge is 2.19. The molecular formula is C19H24ClN5O2. The minimum absolute atomic E-state index is 0.216. The van der Waals surface area contributed by atoms with Gasteiger partial charge in [0, 0.05) is 57.0 Å². The van der Waals surface area contributed by atoms with Crippen molar-refractivity contribution in [3.63, 3.8) is 0 Å². The van der Waals surface area contributed by atoms with Crippen LogP contribution in [0.5, 0.6) is 0 Å². The fourth-order valence-electron chi connectivity index (χ4n) is 3.03. The molecule has 1 saturated heterocycles. The molecule has 0 unspecified atom stereocenters. The number of carbonyl (C=O) groups is 1. The van der Waals surface area contributed by atoms with Gasteiger partial charge in [-0.1, -0.05) is 17.7 Å². The van der Waals surface area contributed by atoms with Gasteiger partial charge in [-0.3, -0.25) is 9.79 Å². The summed E-state index contributed by atoms with van der Waals surface area (Å²) in [7, 11) is 1.77. The molecule has 1 fully saturated rings. The van der Waals surface area contributed by atoms with E-state index >= 15 is 0 Å². The van der Waals surface area contributed by atoms with Crippen molar-refractivity contribution in [2.24, 2.45) is 4.99 Å². The maximum absolute atomic E-state index is 11.8. The maximum atomic E-state index is 11.8. The summed E-state index contributed by atoms with van der Waals surface area (Å²) in [6.45, 7) is 4.61. The lowest BCUT2D eigenvalue weighted by Crippen LogP contribution is -2.53. The van der Waals surface area contributed by atoms with Crippen LogP contribution < -0.4 is 15.5 Å². The minimum Gasteiger partial charge on any atom is -0.459 e. The molecule has 1 aliphatic rings. The number of guanidine groups is 1. The third-order valence-corrected chi connectivity index (χ3v) is 4.64. The normalized spacial score (nSPS) is 15.0. The van der Waals surface area contributed by atoms with E-state index in [4.69, 9.17) is 16.0 Å². The number of nitrogens with zero attached hydrogens (tertiary/aromatic N) is 3. The van der Waals surface area contributed by atoms with Gasteiger partial charge in [-0.2, -0.15) is 0 Å². The first-order chi connectivity index (χ1) is 13.2. The molecule has 0 saturated carbocycles. The lowest BCUT2D eigenvalue weighted by Gasteiger charge is -2.37. The van der Waals surface area contributed by atoms with Crippen LogP contribution in [0, 0.1) is 0 Å². The Kier molecular flexibility index (Phi) is 6.59. The van der Waals surface area contributed by atoms with Crippen LogP contribution in [0.25, 0.3) is 0 Å². The van der Waals surface area contributed by atoms with Gasteiger partial charge >= 0.3 is 0 Å². The number of benzene rings is 1. The van der Waals surface area contributed by atoms with E-state index in [-0.39, 0.29) is 5.91 Å². The van der Waals surface area contributed by atoms with Gasteiger partial charge in [0.25, 0.3) is 5.91 Å². The predicted molar refractivity (Wildman–Crippen MR) is 108 cm³/mol. The zero-order valence-electron chi connectivity index (χ0n) is 15.3. The monoisotopic (exact) mass is 389 g/mol. The quantitative estimate of drug-likeness (QED) is 0.465. The molecule has 2 N–H and O–H groups in total. The summed E-state index contributed by atoms with van der Waals surface area (Å²) >= 11 is 6.09. The molecule has 27 heavy (non-hydrogen) atoms. The Labute approximate surface area is 164 Å². The summed E-state index contributed by atoms with van der Waals surface area (Å²) in [6.07, 6.45) is 1.48. The standard InChI is InChI=1S/C19H24ClN5O2/c1-21-19(23-8-7-22-18(26)17-6-3-13-27-17)25-11-9-24(10-12-25)16-5-2-4-15(20)14-16/h2-6,13-14H,7-12H2,1H3,(H,21,23)(H,22,26). The number of amides is 1. The summed E-state index contributed by atoms with van der Waals surface area (Å²) in [4.78, 5) is 20.7. The van der Waals surface area contributed by atoms with Crippen molar-refractivity contribution < 1.29 is 9.21 Å². The molecule has 1 amide bonds. The van der Waals surface area contributed by atoms with Crippen molar-refractivity contribution in [1.82, 2.24) is 15.5 Å². The topological polar surface area (TPSA) is 73.1 Å². The molecule has 0 spiro atoms. The van der Waals surface area contributed by atoms with Gasteiger partial charge in [0.1, 0.15) is 0 Å². The molecule has 2 aromatic rings. The van der Waals surface area contributed by atoms with Crippen molar-refractivity contribution in [2.75, 3.05) is 51.2 Å². The average molecular weight is 390 g/mol. The van der Waals surface area contributed by atoms with Crippen molar-refractivity contribution in [3.8, 4) is 0 Å². The van der Waals surface area contributed by atoms with Crippen LogP contribution in [0.2, 0.25) is 5.02 Å². The minimum atomic E-state index is -0.216. The van der Waals surface area contributed by atoms with Crippen LogP contribution in [0.4, 0.5) is 5.69 Å². The second-order valence-electron chi connectivity index (χ2n) is 6.16. The van der Waals surface area contributed by atoms with E-state index in [1.165, 1.54) is 6.26 Å². The molecule has 8 heteroatoms. The van der Waals surface area contributed by atoms with Crippen molar-refractivity contribution >= 4 is 29.2 Å². The molecule has 7 nitrogen and oxygen atoms in total. The van der Waals surface area contributed by atoms with E-state index in [0.29, 0.717) is 18.8 Å². The van der Waals surface area contributed by atoms with Crippen LogP contribution in [-0.2, 0) is 0 Å². The lowest BCUT2D eigenvalue weighted by atomic mass is 10.2. The smallest absolute Gasteiger partial charge is 0.287 e. The van der Waals surface area contributed by atoms with Gasteiger partial charge in [0.05, 0.1) is 6.26 Å². The van der Waals surface area contributed by atoms with E-state index in [9.17, 15) is 4.79 Å². The first kappa shape index (κ1) is 19.1. The Balaban J connectivity index is 1.42. The zero-order valence-corrected chi connectivity index (χ0v) is 16.1. The third kappa shape index (κ3) is 5.17. The first-order valence-corrected chi connectivity index (χ1v) is 9.33. The van der Waals surface area contributed by atoms with Crippen LogP contribution >= 0.6 is 11.6 Å². The third-order valence-electron chi connectivity index (χ3n) is 4.40. The maximum Gasteiger partial charge on any atom is 0.287 e. The number of anilines is 1. The molecule has 1 aromatic carbocycles. The molecule has 1 aliphatic heterocycles. The molecule has 1 aromatic heterocycles.